The highest BCUT2D eigenvalue weighted by molar-refractivity contribution is 5.83. The van der Waals surface area contributed by atoms with E-state index in [2.05, 4.69) is 25.5 Å². The topological polar surface area (TPSA) is 112 Å². The van der Waals surface area contributed by atoms with E-state index in [-0.39, 0.29) is 11.7 Å². The number of nitrogens with two attached hydrogens (primary N) is 1. The molecule has 0 bridgehead atoms. The third-order valence-corrected chi connectivity index (χ3v) is 4.16. The molecular formula is C17H21FN6O. The van der Waals surface area contributed by atoms with Crippen molar-refractivity contribution >= 4 is 16.9 Å². The smallest absolute Gasteiger partial charge is 0.241 e. The van der Waals surface area contributed by atoms with Crippen LogP contribution in [0.5, 0.6) is 0 Å². The highest BCUT2D eigenvalue weighted by Crippen LogP contribution is 2.17. The number of aromatic amines is 2. The molecule has 2 heterocycles. The molecule has 2 aromatic heterocycles. The summed E-state index contributed by atoms with van der Waals surface area (Å²) >= 11 is 0. The summed E-state index contributed by atoms with van der Waals surface area (Å²) in [7, 11) is 0. The van der Waals surface area contributed by atoms with Crippen LogP contribution in [0.25, 0.3) is 11.0 Å². The monoisotopic (exact) mass is 344 g/mol. The highest BCUT2D eigenvalue weighted by atomic mass is 19.1. The van der Waals surface area contributed by atoms with Crippen LogP contribution < -0.4 is 11.1 Å². The Bertz CT molecular complexity index is 880. The number of rotatable bonds is 6. The first-order chi connectivity index (χ1) is 12.0. The van der Waals surface area contributed by atoms with Gasteiger partial charge in [0.25, 0.3) is 0 Å². The average molecular weight is 344 g/mol. The van der Waals surface area contributed by atoms with Crippen molar-refractivity contribution in [2.45, 2.75) is 32.7 Å². The molecule has 0 fully saturated rings. The molecule has 3 aromatic rings. The first-order valence-corrected chi connectivity index (χ1v) is 8.14. The number of benzene rings is 1. The van der Waals surface area contributed by atoms with Crippen LogP contribution in [0, 0.1) is 19.7 Å². The van der Waals surface area contributed by atoms with Crippen LogP contribution in [0.3, 0.4) is 0 Å². The fourth-order valence-corrected chi connectivity index (χ4v) is 2.88. The number of aromatic nitrogens is 4. The molecule has 132 valence electrons. The molecule has 0 aliphatic rings. The molecule has 5 N–H and O–H groups in total. The summed E-state index contributed by atoms with van der Waals surface area (Å²) in [5.41, 5.74) is 9.69. The molecule has 7 nitrogen and oxygen atoms in total. The number of halogens is 1. The maximum absolute atomic E-state index is 13.2. The zero-order valence-corrected chi connectivity index (χ0v) is 14.2. The second-order valence-corrected chi connectivity index (χ2v) is 6.06. The van der Waals surface area contributed by atoms with Gasteiger partial charge in [-0.15, -0.1) is 0 Å². The van der Waals surface area contributed by atoms with Crippen molar-refractivity contribution in [1.29, 1.82) is 0 Å². The van der Waals surface area contributed by atoms with E-state index >= 15 is 0 Å². The molecule has 0 radical (unpaired) electrons. The molecule has 0 saturated heterocycles. The molecule has 0 aliphatic heterocycles. The van der Waals surface area contributed by atoms with Crippen LogP contribution in [0.15, 0.2) is 18.2 Å². The number of nitrogens with zero attached hydrogens (tertiary/aromatic N) is 2. The molecular weight excluding hydrogens is 323 g/mol. The number of imidazole rings is 1. The Morgan fingerprint density at radius 3 is 2.92 bits per heavy atom. The number of fused-ring (bicyclic) bond motifs is 1. The van der Waals surface area contributed by atoms with Gasteiger partial charge in [0.1, 0.15) is 17.7 Å². The largest absolute Gasteiger partial charge is 0.354 e. The Morgan fingerprint density at radius 2 is 2.20 bits per heavy atom. The van der Waals surface area contributed by atoms with Crippen LogP contribution in [0.2, 0.25) is 0 Å². The summed E-state index contributed by atoms with van der Waals surface area (Å²) in [6.07, 6.45) is 1.35. The first kappa shape index (κ1) is 17.1. The predicted molar refractivity (Wildman–Crippen MR) is 92.4 cm³/mol. The number of carbonyl (C=O) groups is 1. The third-order valence-electron chi connectivity index (χ3n) is 4.16. The van der Waals surface area contributed by atoms with Gasteiger partial charge in [-0.05, 0) is 38.5 Å². The van der Waals surface area contributed by atoms with Crippen molar-refractivity contribution in [1.82, 2.24) is 25.5 Å². The summed E-state index contributed by atoms with van der Waals surface area (Å²) in [4.78, 5) is 19.7. The van der Waals surface area contributed by atoms with Gasteiger partial charge in [0, 0.05) is 24.2 Å². The molecule has 1 aromatic carbocycles. The Balaban J connectivity index is 1.51. The van der Waals surface area contributed by atoms with Crippen molar-refractivity contribution < 1.29 is 9.18 Å². The normalized spacial score (nSPS) is 12.5. The van der Waals surface area contributed by atoms with E-state index in [1.807, 2.05) is 13.8 Å². The van der Waals surface area contributed by atoms with Gasteiger partial charge in [-0.2, -0.15) is 5.10 Å². The SMILES string of the molecule is Cc1n[nH]c(C)c1[C@H](N)C(=O)NCCCc1nc2ccc(F)cc2[nH]1. The third kappa shape index (κ3) is 3.69. The number of nitrogens with one attached hydrogen (secondary N) is 3. The summed E-state index contributed by atoms with van der Waals surface area (Å²) < 4.78 is 13.2. The van der Waals surface area contributed by atoms with Crippen molar-refractivity contribution in [2.75, 3.05) is 6.54 Å². The Morgan fingerprint density at radius 1 is 1.40 bits per heavy atom. The molecule has 0 spiro atoms. The summed E-state index contributed by atoms with van der Waals surface area (Å²) in [6, 6.07) is 3.70. The van der Waals surface area contributed by atoms with Gasteiger partial charge in [-0.3, -0.25) is 9.89 Å². The number of hydrogen-bond acceptors (Lipinski definition) is 4. The van der Waals surface area contributed by atoms with Gasteiger partial charge in [0.15, 0.2) is 0 Å². The van der Waals surface area contributed by atoms with Gasteiger partial charge in [-0.1, -0.05) is 0 Å². The van der Waals surface area contributed by atoms with E-state index in [1.165, 1.54) is 12.1 Å². The van der Waals surface area contributed by atoms with Crippen LogP contribution in [-0.4, -0.2) is 32.6 Å². The highest BCUT2D eigenvalue weighted by Gasteiger charge is 2.21. The van der Waals surface area contributed by atoms with Crippen LogP contribution in [0.4, 0.5) is 4.39 Å². The Hall–Kier alpha value is -2.74. The summed E-state index contributed by atoms with van der Waals surface area (Å²) in [5.74, 6) is 0.230. The van der Waals surface area contributed by atoms with Gasteiger partial charge in [0.2, 0.25) is 5.91 Å². The van der Waals surface area contributed by atoms with E-state index in [9.17, 15) is 9.18 Å². The predicted octanol–water partition coefficient (Wildman–Crippen LogP) is 1.79. The number of amides is 1. The maximum Gasteiger partial charge on any atom is 0.241 e. The van der Waals surface area contributed by atoms with E-state index in [4.69, 9.17) is 5.73 Å². The minimum Gasteiger partial charge on any atom is -0.354 e. The lowest BCUT2D eigenvalue weighted by atomic mass is 10.1. The van der Waals surface area contributed by atoms with Crippen LogP contribution in [-0.2, 0) is 11.2 Å². The molecule has 0 aliphatic carbocycles. The summed E-state index contributed by atoms with van der Waals surface area (Å²) in [5, 5.41) is 9.72. The molecule has 1 atom stereocenters. The molecule has 25 heavy (non-hydrogen) atoms. The fraction of sp³-hybridized carbons (Fsp3) is 0.353. The minimum absolute atomic E-state index is 0.237. The van der Waals surface area contributed by atoms with Crippen molar-refractivity contribution in [2.24, 2.45) is 5.73 Å². The van der Waals surface area contributed by atoms with Crippen molar-refractivity contribution in [3.8, 4) is 0 Å². The Kier molecular flexibility index (Phi) is 4.80. The average Bonchev–Trinajstić information content (AvgIpc) is 3.13. The number of carbonyl (C=O) groups excluding carboxylic acids is 1. The van der Waals surface area contributed by atoms with Gasteiger partial charge in [-0.25, -0.2) is 9.37 Å². The molecule has 0 saturated carbocycles. The zero-order valence-electron chi connectivity index (χ0n) is 14.2. The lowest BCUT2D eigenvalue weighted by Gasteiger charge is -2.12. The second kappa shape index (κ2) is 7.02. The van der Waals surface area contributed by atoms with E-state index < -0.39 is 6.04 Å². The lowest BCUT2D eigenvalue weighted by molar-refractivity contribution is -0.122. The van der Waals surface area contributed by atoms with E-state index in [0.29, 0.717) is 24.9 Å². The van der Waals surface area contributed by atoms with Crippen LogP contribution >= 0.6 is 0 Å². The standard InChI is InChI=1S/C17H21FN6O/c1-9-15(10(2)24-23-9)16(19)17(25)20-7-3-4-14-21-12-6-5-11(18)8-13(12)22-14/h5-6,8,16H,3-4,7,19H2,1-2H3,(H,20,25)(H,21,22)(H,23,24)/t16-/m0/s1. The maximum atomic E-state index is 13.2. The fourth-order valence-electron chi connectivity index (χ4n) is 2.88. The quantitative estimate of drug-likeness (QED) is 0.511. The van der Waals surface area contributed by atoms with E-state index in [0.717, 1.165) is 28.3 Å². The van der Waals surface area contributed by atoms with Gasteiger partial charge >= 0.3 is 0 Å². The molecule has 0 unspecified atom stereocenters. The molecule has 8 heteroatoms. The van der Waals surface area contributed by atoms with Crippen molar-refractivity contribution in [3.05, 3.63) is 46.8 Å². The van der Waals surface area contributed by atoms with Gasteiger partial charge in [0.05, 0.1) is 16.7 Å². The Labute approximate surface area is 144 Å². The second-order valence-electron chi connectivity index (χ2n) is 6.06. The summed E-state index contributed by atoms with van der Waals surface area (Å²) in [6.45, 7) is 4.14. The molecule has 1 amide bonds. The lowest BCUT2D eigenvalue weighted by Crippen LogP contribution is -2.35. The molecule has 3 rings (SSSR count). The van der Waals surface area contributed by atoms with Crippen molar-refractivity contribution in [3.63, 3.8) is 0 Å². The van der Waals surface area contributed by atoms with Crippen LogP contribution in [0.1, 0.15) is 35.2 Å². The number of H-pyrrole nitrogens is 2. The number of hydrogen-bond donors (Lipinski definition) is 4. The minimum atomic E-state index is -0.743. The van der Waals surface area contributed by atoms with E-state index in [1.54, 1.807) is 6.07 Å². The number of aryl methyl sites for hydroxylation is 3. The van der Waals surface area contributed by atoms with Gasteiger partial charge < -0.3 is 16.0 Å². The zero-order chi connectivity index (χ0) is 18.0. The first-order valence-electron chi connectivity index (χ1n) is 8.14.